The fraction of sp³-hybridized carbons (Fsp3) is 0.692. The average Bonchev–Trinajstić information content (AvgIpc) is 2.95. The molecule has 2 amide bonds. The topological polar surface area (TPSA) is 104 Å². The summed E-state index contributed by atoms with van der Waals surface area (Å²) < 4.78 is 22.6. The number of amides is 2. The van der Waals surface area contributed by atoms with Gasteiger partial charge in [0.25, 0.3) is 0 Å². The van der Waals surface area contributed by atoms with Crippen LogP contribution in [0.2, 0.25) is 0 Å². The highest BCUT2D eigenvalue weighted by atomic mass is 32.2. The maximum Gasteiger partial charge on any atom is 0.317 e. The molecule has 0 aromatic carbocycles. The highest BCUT2D eigenvalue weighted by Crippen LogP contribution is 2.35. The summed E-state index contributed by atoms with van der Waals surface area (Å²) in [6, 6.07) is -0.936. The molecule has 0 aliphatic carbocycles. The Kier molecular flexibility index (Phi) is 4.27. The Morgan fingerprint density at radius 1 is 1.48 bits per heavy atom. The van der Waals surface area contributed by atoms with Crippen LogP contribution in [-0.2, 0) is 14.6 Å². The summed E-state index contributed by atoms with van der Waals surface area (Å²) in [4.78, 5) is 25.0. The van der Waals surface area contributed by atoms with Crippen molar-refractivity contribution >= 4 is 21.8 Å². The predicted molar refractivity (Wildman–Crippen MR) is 76.4 cm³/mol. The van der Waals surface area contributed by atoms with Crippen LogP contribution < -0.4 is 5.32 Å². The van der Waals surface area contributed by atoms with E-state index in [1.807, 2.05) is 6.92 Å². The molecule has 0 aromatic heterocycles. The molecule has 2 rings (SSSR count). The Bertz CT molecular complexity index is 571. The first-order valence-corrected chi connectivity index (χ1v) is 8.69. The number of nitrogens with one attached hydrogen (secondary N) is 1. The van der Waals surface area contributed by atoms with Gasteiger partial charge in [0.2, 0.25) is 0 Å². The van der Waals surface area contributed by atoms with Gasteiger partial charge in [-0.1, -0.05) is 13.3 Å². The normalized spacial score (nSPS) is 30.5. The first-order valence-electron chi connectivity index (χ1n) is 6.98. The van der Waals surface area contributed by atoms with E-state index in [4.69, 9.17) is 0 Å². The third-order valence-corrected chi connectivity index (χ3v) is 5.46. The number of aliphatic carboxylic acids is 1. The second-order valence-corrected chi connectivity index (χ2v) is 7.65. The number of carboxylic acids is 1. The van der Waals surface area contributed by atoms with E-state index in [9.17, 15) is 23.1 Å². The number of rotatable bonds is 4. The molecule has 2 aliphatic heterocycles. The monoisotopic (exact) mass is 316 g/mol. The lowest BCUT2D eigenvalue weighted by atomic mass is 9.83. The van der Waals surface area contributed by atoms with Gasteiger partial charge < -0.3 is 15.3 Å². The Hall–Kier alpha value is -1.57. The molecular weight excluding hydrogens is 296 g/mol. The molecule has 8 heteroatoms. The summed E-state index contributed by atoms with van der Waals surface area (Å²) in [5.41, 5.74) is -0.871. The van der Waals surface area contributed by atoms with Gasteiger partial charge in [0.15, 0.2) is 9.84 Å². The minimum absolute atomic E-state index is 0.133. The standard InChI is InChI=1S/C13H20N2O5S/c1-2-4-13(11(16)17)5-6-15(9-13)12(18)14-10-3-7-21(19,20)8-10/h3,7,10H,2,4-6,8-9H2,1H3,(H,14,18)(H,16,17). The minimum Gasteiger partial charge on any atom is -0.481 e. The Balaban J connectivity index is 1.96. The number of hydrogen-bond acceptors (Lipinski definition) is 4. The van der Waals surface area contributed by atoms with Crippen LogP contribution in [0, 0.1) is 5.41 Å². The lowest BCUT2D eigenvalue weighted by Gasteiger charge is -2.25. The zero-order chi connectivity index (χ0) is 15.7. The summed E-state index contributed by atoms with van der Waals surface area (Å²) in [7, 11) is -3.22. The first kappa shape index (κ1) is 15.8. The van der Waals surface area contributed by atoms with Crippen molar-refractivity contribution in [1.29, 1.82) is 0 Å². The zero-order valence-corrected chi connectivity index (χ0v) is 12.7. The van der Waals surface area contributed by atoms with Crippen molar-refractivity contribution in [3.8, 4) is 0 Å². The molecule has 7 nitrogen and oxygen atoms in total. The molecule has 2 heterocycles. The van der Waals surface area contributed by atoms with Crippen LogP contribution in [0.25, 0.3) is 0 Å². The summed E-state index contributed by atoms with van der Waals surface area (Å²) in [6.45, 7) is 2.47. The fourth-order valence-corrected chi connectivity index (χ4v) is 4.16. The molecular formula is C13H20N2O5S. The van der Waals surface area contributed by atoms with E-state index in [2.05, 4.69) is 5.32 Å². The number of carboxylic acid groups (broad SMARTS) is 1. The molecule has 0 bridgehead atoms. The van der Waals surface area contributed by atoms with Crippen molar-refractivity contribution in [2.24, 2.45) is 5.41 Å². The van der Waals surface area contributed by atoms with E-state index >= 15 is 0 Å². The quantitative estimate of drug-likeness (QED) is 0.789. The van der Waals surface area contributed by atoms with Gasteiger partial charge in [-0.05, 0) is 18.9 Å². The molecule has 21 heavy (non-hydrogen) atoms. The van der Waals surface area contributed by atoms with Crippen LogP contribution in [0.15, 0.2) is 11.5 Å². The zero-order valence-electron chi connectivity index (χ0n) is 11.9. The highest BCUT2D eigenvalue weighted by Gasteiger charge is 2.45. The van der Waals surface area contributed by atoms with Gasteiger partial charge in [0, 0.05) is 18.5 Å². The molecule has 0 saturated carbocycles. The van der Waals surface area contributed by atoms with Crippen molar-refractivity contribution in [2.45, 2.75) is 32.2 Å². The van der Waals surface area contributed by atoms with Gasteiger partial charge in [-0.3, -0.25) is 4.79 Å². The number of likely N-dealkylation sites (tertiary alicyclic amines) is 1. The van der Waals surface area contributed by atoms with Gasteiger partial charge in [0.1, 0.15) is 0 Å². The van der Waals surface area contributed by atoms with Gasteiger partial charge >= 0.3 is 12.0 Å². The lowest BCUT2D eigenvalue weighted by molar-refractivity contribution is -0.148. The maximum atomic E-state index is 12.1. The lowest BCUT2D eigenvalue weighted by Crippen LogP contribution is -2.45. The van der Waals surface area contributed by atoms with Crippen molar-refractivity contribution in [1.82, 2.24) is 10.2 Å². The number of nitrogens with zero attached hydrogens (tertiary/aromatic N) is 1. The summed E-state index contributed by atoms with van der Waals surface area (Å²) in [6.07, 6.45) is 3.15. The Morgan fingerprint density at radius 3 is 2.71 bits per heavy atom. The van der Waals surface area contributed by atoms with Crippen LogP contribution >= 0.6 is 0 Å². The largest absolute Gasteiger partial charge is 0.481 e. The second-order valence-electron chi connectivity index (χ2n) is 5.72. The number of carbonyl (C=O) groups is 2. The van der Waals surface area contributed by atoms with E-state index in [1.165, 1.54) is 11.0 Å². The molecule has 2 atom stereocenters. The molecule has 2 N–H and O–H groups in total. The fourth-order valence-electron chi connectivity index (χ4n) is 2.93. The average molecular weight is 316 g/mol. The van der Waals surface area contributed by atoms with Crippen molar-refractivity contribution < 1.29 is 23.1 Å². The molecule has 1 saturated heterocycles. The Morgan fingerprint density at radius 2 is 2.19 bits per heavy atom. The van der Waals surface area contributed by atoms with Gasteiger partial charge in [0.05, 0.1) is 17.2 Å². The van der Waals surface area contributed by atoms with Gasteiger partial charge in [-0.2, -0.15) is 0 Å². The number of sulfone groups is 1. The van der Waals surface area contributed by atoms with Crippen molar-refractivity contribution in [3.05, 3.63) is 11.5 Å². The third-order valence-electron chi connectivity index (χ3n) is 4.06. The molecule has 118 valence electrons. The minimum atomic E-state index is -3.22. The van der Waals surface area contributed by atoms with Crippen LogP contribution in [0.3, 0.4) is 0 Å². The van der Waals surface area contributed by atoms with Crippen molar-refractivity contribution in [3.63, 3.8) is 0 Å². The Labute approximate surface area is 123 Å². The SMILES string of the molecule is CCCC1(C(=O)O)CCN(C(=O)NC2C=CS(=O)(=O)C2)C1. The van der Waals surface area contributed by atoms with E-state index in [0.717, 1.165) is 11.8 Å². The molecule has 0 aromatic rings. The van der Waals surface area contributed by atoms with Crippen LogP contribution in [-0.4, -0.2) is 55.3 Å². The summed E-state index contributed by atoms with van der Waals surface area (Å²) in [5.74, 6) is -1.01. The van der Waals surface area contributed by atoms with E-state index < -0.39 is 33.3 Å². The van der Waals surface area contributed by atoms with Crippen molar-refractivity contribution in [2.75, 3.05) is 18.8 Å². The third kappa shape index (κ3) is 3.37. The van der Waals surface area contributed by atoms with Crippen LogP contribution in [0.4, 0.5) is 4.79 Å². The van der Waals surface area contributed by atoms with Crippen LogP contribution in [0.5, 0.6) is 0 Å². The van der Waals surface area contributed by atoms with Gasteiger partial charge in [-0.25, -0.2) is 13.2 Å². The van der Waals surface area contributed by atoms with E-state index in [-0.39, 0.29) is 12.3 Å². The van der Waals surface area contributed by atoms with E-state index in [0.29, 0.717) is 19.4 Å². The highest BCUT2D eigenvalue weighted by molar-refractivity contribution is 7.94. The molecule has 2 aliphatic rings. The van der Waals surface area contributed by atoms with E-state index in [1.54, 1.807) is 0 Å². The predicted octanol–water partition coefficient (Wildman–Crippen LogP) is 0.584. The second kappa shape index (κ2) is 5.67. The number of carbonyl (C=O) groups excluding carboxylic acids is 1. The number of urea groups is 1. The molecule has 1 fully saturated rings. The van der Waals surface area contributed by atoms with Gasteiger partial charge in [-0.15, -0.1) is 0 Å². The summed E-state index contributed by atoms with van der Waals surface area (Å²) in [5, 5.41) is 13.1. The maximum absolute atomic E-state index is 12.1. The first-order chi connectivity index (χ1) is 9.78. The molecule has 0 spiro atoms. The molecule has 2 unspecified atom stereocenters. The van der Waals surface area contributed by atoms with Crippen LogP contribution in [0.1, 0.15) is 26.2 Å². The number of hydrogen-bond donors (Lipinski definition) is 2. The molecule has 0 radical (unpaired) electrons. The smallest absolute Gasteiger partial charge is 0.317 e. The summed E-state index contributed by atoms with van der Waals surface area (Å²) >= 11 is 0.